The number of amides is 2. The molecular formula is C25H36N4O2. The van der Waals surface area contributed by atoms with Gasteiger partial charge in [-0.15, -0.1) is 0 Å². The molecule has 0 saturated heterocycles. The largest absolute Gasteiger partial charge is 0.355 e. The highest BCUT2D eigenvalue weighted by Gasteiger charge is 2.15. The lowest BCUT2D eigenvalue weighted by Gasteiger charge is -2.14. The molecule has 0 bridgehead atoms. The lowest BCUT2D eigenvalue weighted by molar-refractivity contribution is -0.122. The highest BCUT2D eigenvalue weighted by molar-refractivity contribution is 5.82. The zero-order valence-electron chi connectivity index (χ0n) is 18.5. The van der Waals surface area contributed by atoms with Gasteiger partial charge in [0, 0.05) is 13.1 Å². The first kappa shape index (κ1) is 24.6. The molecule has 0 fully saturated rings. The Morgan fingerprint density at radius 2 is 1.35 bits per heavy atom. The fourth-order valence-electron chi connectivity index (χ4n) is 3.32. The van der Waals surface area contributed by atoms with Gasteiger partial charge in [0.2, 0.25) is 11.8 Å². The summed E-state index contributed by atoms with van der Waals surface area (Å²) in [4.78, 5) is 24.2. The van der Waals surface area contributed by atoms with E-state index < -0.39 is 12.1 Å². The first-order valence-corrected chi connectivity index (χ1v) is 11.2. The Bertz CT molecular complexity index is 793. The second-order valence-corrected chi connectivity index (χ2v) is 7.91. The van der Waals surface area contributed by atoms with E-state index in [1.54, 1.807) is 0 Å². The number of benzene rings is 2. The third kappa shape index (κ3) is 8.90. The Morgan fingerprint density at radius 1 is 0.774 bits per heavy atom. The fourth-order valence-corrected chi connectivity index (χ4v) is 3.32. The SMILES string of the molecule is CCCCCNC(=O)C(N)CCCNC(=O)C(N)Cc1ccc(-c2ccccc2)cc1. The summed E-state index contributed by atoms with van der Waals surface area (Å²) in [5, 5.41) is 5.70. The second kappa shape index (κ2) is 13.6. The van der Waals surface area contributed by atoms with Crippen molar-refractivity contribution >= 4 is 11.8 Å². The summed E-state index contributed by atoms with van der Waals surface area (Å²) >= 11 is 0. The van der Waals surface area contributed by atoms with Gasteiger partial charge < -0.3 is 22.1 Å². The molecule has 0 radical (unpaired) electrons. The number of unbranched alkanes of at least 4 members (excludes halogenated alkanes) is 2. The molecule has 0 aliphatic rings. The van der Waals surface area contributed by atoms with E-state index in [4.69, 9.17) is 11.5 Å². The molecule has 0 aromatic heterocycles. The summed E-state index contributed by atoms with van der Waals surface area (Å²) in [5.74, 6) is -0.317. The zero-order valence-corrected chi connectivity index (χ0v) is 18.5. The van der Waals surface area contributed by atoms with E-state index in [1.165, 1.54) is 0 Å². The topological polar surface area (TPSA) is 110 Å². The molecule has 6 N–H and O–H groups in total. The number of hydrogen-bond acceptors (Lipinski definition) is 4. The quantitative estimate of drug-likeness (QED) is 0.371. The van der Waals surface area contributed by atoms with E-state index in [0.29, 0.717) is 32.4 Å². The third-order valence-electron chi connectivity index (χ3n) is 5.26. The Hall–Kier alpha value is -2.70. The minimum atomic E-state index is -0.613. The van der Waals surface area contributed by atoms with Gasteiger partial charge in [-0.25, -0.2) is 0 Å². The Kier molecular flexibility index (Phi) is 10.8. The second-order valence-electron chi connectivity index (χ2n) is 7.91. The number of hydrogen-bond donors (Lipinski definition) is 4. The number of carbonyl (C=O) groups excluding carboxylic acids is 2. The van der Waals surface area contributed by atoms with E-state index in [1.807, 2.05) is 42.5 Å². The van der Waals surface area contributed by atoms with Crippen LogP contribution in [-0.2, 0) is 16.0 Å². The molecule has 0 aliphatic heterocycles. The van der Waals surface area contributed by atoms with Crippen molar-refractivity contribution in [2.24, 2.45) is 11.5 Å². The summed E-state index contributed by atoms with van der Waals surface area (Å²) < 4.78 is 0. The van der Waals surface area contributed by atoms with Crippen molar-refractivity contribution in [2.75, 3.05) is 13.1 Å². The Morgan fingerprint density at radius 3 is 2.00 bits per heavy atom. The minimum Gasteiger partial charge on any atom is -0.355 e. The van der Waals surface area contributed by atoms with Crippen molar-refractivity contribution in [3.05, 3.63) is 60.2 Å². The molecule has 2 aromatic rings. The molecule has 0 saturated carbocycles. The van der Waals surface area contributed by atoms with Crippen LogP contribution in [0, 0.1) is 0 Å². The summed E-state index contributed by atoms with van der Waals surface area (Å²) in [6.07, 6.45) is 4.81. The number of nitrogens with two attached hydrogens (primary N) is 2. The average molecular weight is 425 g/mol. The summed E-state index contributed by atoms with van der Waals surface area (Å²) in [6, 6.07) is 17.1. The van der Waals surface area contributed by atoms with E-state index >= 15 is 0 Å². The summed E-state index contributed by atoms with van der Waals surface area (Å²) in [6.45, 7) is 3.24. The van der Waals surface area contributed by atoms with Gasteiger partial charge in [-0.3, -0.25) is 9.59 Å². The van der Waals surface area contributed by atoms with E-state index in [-0.39, 0.29) is 11.8 Å². The maximum absolute atomic E-state index is 12.3. The molecule has 6 nitrogen and oxygen atoms in total. The van der Waals surface area contributed by atoms with Crippen LogP contribution in [0.25, 0.3) is 11.1 Å². The highest BCUT2D eigenvalue weighted by Crippen LogP contribution is 2.19. The van der Waals surface area contributed by atoms with Gasteiger partial charge in [-0.2, -0.15) is 0 Å². The van der Waals surface area contributed by atoms with E-state index in [0.717, 1.165) is 36.0 Å². The van der Waals surface area contributed by atoms with Crippen molar-refractivity contribution in [1.82, 2.24) is 10.6 Å². The molecule has 2 amide bonds. The average Bonchev–Trinajstić information content (AvgIpc) is 2.80. The van der Waals surface area contributed by atoms with Gasteiger partial charge in [0.05, 0.1) is 12.1 Å². The van der Waals surface area contributed by atoms with Crippen LogP contribution in [0.3, 0.4) is 0 Å². The van der Waals surface area contributed by atoms with Crippen LogP contribution in [0.4, 0.5) is 0 Å². The molecular weight excluding hydrogens is 388 g/mol. The van der Waals surface area contributed by atoms with Crippen molar-refractivity contribution in [2.45, 2.75) is 57.5 Å². The predicted molar refractivity (Wildman–Crippen MR) is 126 cm³/mol. The van der Waals surface area contributed by atoms with Crippen molar-refractivity contribution < 1.29 is 9.59 Å². The van der Waals surface area contributed by atoms with Crippen LogP contribution >= 0.6 is 0 Å². The number of carbonyl (C=O) groups is 2. The molecule has 2 unspecified atom stereocenters. The summed E-state index contributed by atoms with van der Waals surface area (Å²) in [7, 11) is 0. The predicted octanol–water partition coefficient (Wildman–Crippen LogP) is 2.75. The van der Waals surface area contributed by atoms with Crippen LogP contribution in [0.15, 0.2) is 54.6 Å². The van der Waals surface area contributed by atoms with Crippen LogP contribution in [0.1, 0.15) is 44.6 Å². The lowest BCUT2D eigenvalue weighted by atomic mass is 10.0. The highest BCUT2D eigenvalue weighted by atomic mass is 16.2. The van der Waals surface area contributed by atoms with Crippen molar-refractivity contribution in [3.63, 3.8) is 0 Å². The molecule has 0 aliphatic carbocycles. The molecule has 2 atom stereocenters. The first-order valence-electron chi connectivity index (χ1n) is 11.2. The molecule has 0 spiro atoms. The first-order chi connectivity index (χ1) is 15.0. The third-order valence-corrected chi connectivity index (χ3v) is 5.26. The van der Waals surface area contributed by atoms with E-state index in [2.05, 4.69) is 29.7 Å². The van der Waals surface area contributed by atoms with Gasteiger partial charge >= 0.3 is 0 Å². The minimum absolute atomic E-state index is 0.127. The smallest absolute Gasteiger partial charge is 0.237 e. The number of nitrogens with one attached hydrogen (secondary N) is 2. The maximum Gasteiger partial charge on any atom is 0.237 e. The summed E-state index contributed by atoms with van der Waals surface area (Å²) in [5.41, 5.74) is 15.3. The Balaban J connectivity index is 1.66. The van der Waals surface area contributed by atoms with Gasteiger partial charge in [-0.05, 0) is 42.4 Å². The molecule has 2 aromatic carbocycles. The molecule has 2 rings (SSSR count). The van der Waals surface area contributed by atoms with E-state index in [9.17, 15) is 9.59 Å². The van der Waals surface area contributed by atoms with Gasteiger partial charge in [0.1, 0.15) is 0 Å². The number of rotatable bonds is 13. The monoisotopic (exact) mass is 424 g/mol. The molecule has 168 valence electrons. The normalized spacial score (nSPS) is 12.7. The Labute approximate surface area is 185 Å². The standard InChI is InChI=1S/C25H36N4O2/c1-2-3-7-16-28-24(30)22(26)11-8-17-29-25(31)23(27)18-19-12-14-21(15-13-19)20-9-5-4-6-10-20/h4-6,9-10,12-15,22-23H,2-3,7-8,11,16-18,26-27H2,1H3,(H,28,30)(H,29,31). The fraction of sp³-hybridized carbons (Fsp3) is 0.440. The molecule has 0 heterocycles. The molecule has 31 heavy (non-hydrogen) atoms. The van der Waals surface area contributed by atoms with Crippen LogP contribution in [-0.4, -0.2) is 37.0 Å². The zero-order chi connectivity index (χ0) is 22.5. The lowest BCUT2D eigenvalue weighted by Crippen LogP contribution is -2.43. The van der Waals surface area contributed by atoms with Crippen molar-refractivity contribution in [1.29, 1.82) is 0 Å². The molecule has 6 heteroatoms. The van der Waals surface area contributed by atoms with Crippen molar-refractivity contribution in [3.8, 4) is 11.1 Å². The van der Waals surface area contributed by atoms with Crippen LogP contribution in [0.2, 0.25) is 0 Å². The van der Waals surface area contributed by atoms with Gasteiger partial charge in [0.25, 0.3) is 0 Å². The van der Waals surface area contributed by atoms with Crippen LogP contribution in [0.5, 0.6) is 0 Å². The van der Waals surface area contributed by atoms with Gasteiger partial charge in [-0.1, -0.05) is 74.4 Å². The maximum atomic E-state index is 12.3. The van der Waals surface area contributed by atoms with Crippen LogP contribution < -0.4 is 22.1 Å². The van der Waals surface area contributed by atoms with Gasteiger partial charge in [0.15, 0.2) is 0 Å².